The molecule has 0 aliphatic rings. The third-order valence-electron chi connectivity index (χ3n) is 3.22. The quantitative estimate of drug-likeness (QED) is 0.302. The lowest BCUT2D eigenvalue weighted by Crippen LogP contribution is -2.45. The molecule has 0 aliphatic carbocycles. The van der Waals surface area contributed by atoms with Gasteiger partial charge in [-0.15, -0.1) is 0 Å². The molecule has 132 valence electrons. The van der Waals surface area contributed by atoms with Crippen molar-refractivity contribution < 1.29 is 8.42 Å². The van der Waals surface area contributed by atoms with Crippen LogP contribution >= 0.6 is 0 Å². The maximum absolute atomic E-state index is 10.9. The Morgan fingerprint density at radius 3 is 2.05 bits per heavy atom. The second-order valence-corrected chi connectivity index (χ2v) is 7.70. The normalized spacial score (nSPS) is 13.2. The zero-order chi connectivity index (χ0) is 17.2. The summed E-state index contributed by atoms with van der Waals surface area (Å²) in [6.45, 7) is 11.6. The highest BCUT2D eigenvalue weighted by atomic mass is 32.2. The molecule has 8 heteroatoms. The number of rotatable bonds is 10. The van der Waals surface area contributed by atoms with Crippen LogP contribution in [0, 0.1) is 0 Å². The summed E-state index contributed by atoms with van der Waals surface area (Å²) in [4.78, 5) is 6.57. The van der Waals surface area contributed by atoms with Crippen molar-refractivity contribution >= 4 is 16.0 Å². The fraction of sp³-hybridized carbons (Fsp3) is 0.929. The van der Waals surface area contributed by atoms with E-state index in [2.05, 4.69) is 52.9 Å². The molecule has 22 heavy (non-hydrogen) atoms. The third-order valence-corrected chi connectivity index (χ3v) is 3.95. The minimum absolute atomic E-state index is 0.428. The first-order chi connectivity index (χ1) is 10.2. The summed E-state index contributed by atoms with van der Waals surface area (Å²) in [5, 5.41) is 6.45. The molecule has 0 saturated carbocycles. The van der Waals surface area contributed by atoms with Crippen molar-refractivity contribution in [3.63, 3.8) is 0 Å². The van der Waals surface area contributed by atoms with Crippen LogP contribution in [-0.2, 0) is 10.0 Å². The molecular formula is C14H33N5O2S. The van der Waals surface area contributed by atoms with Crippen LogP contribution in [0.5, 0.6) is 0 Å². The predicted octanol–water partition coefficient (Wildman–Crippen LogP) is 0.210. The first-order valence-corrected chi connectivity index (χ1v) is 9.71. The van der Waals surface area contributed by atoms with Gasteiger partial charge in [-0.25, -0.2) is 13.1 Å². The lowest BCUT2D eigenvalue weighted by Gasteiger charge is -2.30. The van der Waals surface area contributed by atoms with Crippen molar-refractivity contribution in [2.24, 2.45) is 4.99 Å². The van der Waals surface area contributed by atoms with E-state index in [0.29, 0.717) is 31.6 Å². The topological polar surface area (TPSA) is 85.8 Å². The largest absolute Gasteiger partial charge is 0.356 e. The smallest absolute Gasteiger partial charge is 0.208 e. The van der Waals surface area contributed by atoms with Gasteiger partial charge in [0.1, 0.15) is 0 Å². The SMILES string of the molecule is CN=C(NCCCNS(C)(=O)=O)NCCN(C(C)C)C(C)C. The molecule has 0 heterocycles. The predicted molar refractivity (Wildman–Crippen MR) is 93.8 cm³/mol. The molecule has 0 atom stereocenters. The average Bonchev–Trinajstić information content (AvgIpc) is 2.38. The average molecular weight is 336 g/mol. The highest BCUT2D eigenvalue weighted by Crippen LogP contribution is 2.03. The Balaban J connectivity index is 3.94. The summed E-state index contributed by atoms with van der Waals surface area (Å²) in [6.07, 6.45) is 1.87. The maximum atomic E-state index is 10.9. The molecule has 0 fully saturated rings. The molecule has 0 aromatic carbocycles. The van der Waals surface area contributed by atoms with Crippen molar-refractivity contribution in [1.29, 1.82) is 0 Å². The standard InChI is InChI=1S/C14H33N5O2S/c1-12(2)19(13(3)4)11-10-17-14(15-5)16-8-7-9-18-22(6,20)21/h12-13,18H,7-11H2,1-6H3,(H2,15,16,17). The van der Waals surface area contributed by atoms with Gasteiger partial charge < -0.3 is 10.6 Å². The molecule has 0 saturated heterocycles. The summed E-state index contributed by atoms with van der Waals surface area (Å²) in [5.74, 6) is 0.742. The third kappa shape index (κ3) is 10.8. The molecule has 0 unspecified atom stereocenters. The Labute approximate surface area is 136 Å². The summed E-state index contributed by atoms with van der Waals surface area (Å²) >= 11 is 0. The van der Waals surface area contributed by atoms with Gasteiger partial charge in [0.05, 0.1) is 6.26 Å². The Hall–Kier alpha value is -0.860. The van der Waals surface area contributed by atoms with Crippen LogP contribution in [0.1, 0.15) is 34.1 Å². The van der Waals surface area contributed by atoms with Crippen LogP contribution in [0.4, 0.5) is 0 Å². The minimum Gasteiger partial charge on any atom is -0.356 e. The van der Waals surface area contributed by atoms with Crippen molar-refractivity contribution in [1.82, 2.24) is 20.3 Å². The van der Waals surface area contributed by atoms with Crippen molar-refractivity contribution in [3.05, 3.63) is 0 Å². The Kier molecular flexibility index (Phi) is 10.4. The number of hydrogen-bond acceptors (Lipinski definition) is 4. The maximum Gasteiger partial charge on any atom is 0.208 e. The zero-order valence-corrected chi connectivity index (χ0v) is 15.6. The fourth-order valence-electron chi connectivity index (χ4n) is 2.19. The molecule has 0 amide bonds. The monoisotopic (exact) mass is 335 g/mol. The van der Waals surface area contributed by atoms with E-state index in [0.717, 1.165) is 25.3 Å². The fourth-order valence-corrected chi connectivity index (χ4v) is 2.70. The number of sulfonamides is 1. The first-order valence-electron chi connectivity index (χ1n) is 7.82. The molecule has 0 aromatic rings. The van der Waals surface area contributed by atoms with Gasteiger partial charge >= 0.3 is 0 Å². The molecule has 0 rings (SSSR count). The Bertz CT molecular complexity index is 413. The number of nitrogens with zero attached hydrogens (tertiary/aromatic N) is 2. The lowest BCUT2D eigenvalue weighted by atomic mass is 10.2. The number of nitrogens with one attached hydrogen (secondary N) is 3. The van der Waals surface area contributed by atoms with E-state index in [1.807, 2.05) is 0 Å². The second-order valence-electron chi connectivity index (χ2n) is 5.87. The molecular weight excluding hydrogens is 302 g/mol. The Morgan fingerprint density at radius 2 is 1.59 bits per heavy atom. The van der Waals surface area contributed by atoms with Gasteiger partial charge in [-0.1, -0.05) is 0 Å². The molecule has 0 aromatic heterocycles. The minimum atomic E-state index is -3.10. The van der Waals surface area contributed by atoms with Crippen LogP contribution in [-0.4, -0.2) is 70.8 Å². The van der Waals surface area contributed by atoms with Gasteiger partial charge in [0.25, 0.3) is 0 Å². The summed E-state index contributed by atoms with van der Waals surface area (Å²) in [5.41, 5.74) is 0. The molecule has 0 radical (unpaired) electrons. The van der Waals surface area contributed by atoms with Crippen LogP contribution in [0.3, 0.4) is 0 Å². The van der Waals surface area contributed by atoms with Crippen molar-refractivity contribution in [2.75, 3.05) is 39.5 Å². The van der Waals surface area contributed by atoms with Crippen molar-refractivity contribution in [2.45, 2.75) is 46.2 Å². The molecule has 0 aliphatic heterocycles. The van der Waals surface area contributed by atoms with E-state index in [4.69, 9.17) is 0 Å². The summed E-state index contributed by atoms with van der Waals surface area (Å²) in [7, 11) is -1.37. The summed E-state index contributed by atoms with van der Waals surface area (Å²) in [6, 6.07) is 1.03. The van der Waals surface area contributed by atoms with Gasteiger partial charge in [-0.05, 0) is 34.1 Å². The lowest BCUT2D eigenvalue weighted by molar-refractivity contribution is 0.178. The molecule has 3 N–H and O–H groups in total. The van der Waals surface area contributed by atoms with E-state index in [-0.39, 0.29) is 0 Å². The van der Waals surface area contributed by atoms with Gasteiger partial charge in [0, 0.05) is 45.3 Å². The highest BCUT2D eigenvalue weighted by Gasteiger charge is 2.12. The zero-order valence-electron chi connectivity index (χ0n) is 14.8. The van der Waals surface area contributed by atoms with E-state index >= 15 is 0 Å². The molecule has 7 nitrogen and oxygen atoms in total. The second kappa shape index (κ2) is 10.8. The number of hydrogen-bond donors (Lipinski definition) is 3. The number of guanidine groups is 1. The van der Waals surface area contributed by atoms with E-state index in [9.17, 15) is 8.42 Å². The first kappa shape index (κ1) is 21.1. The van der Waals surface area contributed by atoms with E-state index < -0.39 is 10.0 Å². The van der Waals surface area contributed by atoms with Gasteiger partial charge in [-0.2, -0.15) is 0 Å². The summed E-state index contributed by atoms with van der Waals surface area (Å²) < 4.78 is 24.3. The van der Waals surface area contributed by atoms with E-state index in [1.165, 1.54) is 0 Å². The number of aliphatic imine (C=N–C) groups is 1. The Morgan fingerprint density at radius 1 is 1.05 bits per heavy atom. The van der Waals surface area contributed by atoms with Crippen LogP contribution < -0.4 is 15.4 Å². The van der Waals surface area contributed by atoms with E-state index in [1.54, 1.807) is 7.05 Å². The highest BCUT2D eigenvalue weighted by molar-refractivity contribution is 7.88. The van der Waals surface area contributed by atoms with Crippen LogP contribution in [0.25, 0.3) is 0 Å². The van der Waals surface area contributed by atoms with Gasteiger partial charge in [0.15, 0.2) is 5.96 Å². The van der Waals surface area contributed by atoms with Crippen LogP contribution in [0.15, 0.2) is 4.99 Å². The van der Waals surface area contributed by atoms with Gasteiger partial charge in [0.2, 0.25) is 10.0 Å². The van der Waals surface area contributed by atoms with Gasteiger partial charge in [-0.3, -0.25) is 9.89 Å². The van der Waals surface area contributed by atoms with Crippen LogP contribution in [0.2, 0.25) is 0 Å². The molecule has 0 bridgehead atoms. The molecule has 0 spiro atoms. The van der Waals surface area contributed by atoms with Crippen molar-refractivity contribution in [3.8, 4) is 0 Å².